The van der Waals surface area contributed by atoms with E-state index >= 15 is 0 Å². The molecule has 0 bridgehead atoms. The number of ether oxygens (including phenoxy) is 2. The molecule has 0 aromatic heterocycles. The Hall–Kier alpha value is -1.49. The summed E-state index contributed by atoms with van der Waals surface area (Å²) < 4.78 is 24.4. The summed E-state index contributed by atoms with van der Waals surface area (Å²) in [5.74, 6) is -0.655. The van der Waals surface area contributed by atoms with E-state index in [2.05, 4.69) is 55.4 Å². The molecule has 0 saturated heterocycles. The van der Waals surface area contributed by atoms with Crippen LogP contribution in [0.25, 0.3) is 0 Å². The highest BCUT2D eigenvalue weighted by Crippen LogP contribution is 2.54. The van der Waals surface area contributed by atoms with Gasteiger partial charge in [-0.05, 0) is 61.0 Å². The fourth-order valence-electron chi connectivity index (χ4n) is 6.52. The van der Waals surface area contributed by atoms with E-state index in [1.54, 1.807) is 0 Å². The van der Waals surface area contributed by atoms with Crippen LogP contribution in [-0.4, -0.2) is 54.0 Å². The van der Waals surface area contributed by atoms with E-state index in [4.69, 9.17) is 18.3 Å². The van der Waals surface area contributed by atoms with E-state index in [9.17, 15) is 9.59 Å². The first-order valence-electron chi connectivity index (χ1n) is 13.1. The molecule has 2 aliphatic rings. The summed E-state index contributed by atoms with van der Waals surface area (Å²) in [7, 11) is -2.54. The molecule has 0 aromatic rings. The third-order valence-electron chi connectivity index (χ3n) is 8.09. The van der Waals surface area contributed by atoms with Gasteiger partial charge in [0.2, 0.25) is 16.6 Å². The largest absolute Gasteiger partial charge is 0.466 e. The van der Waals surface area contributed by atoms with Crippen LogP contribution in [0.15, 0.2) is 33.7 Å². The normalized spacial score (nSPS) is 22.6. The number of rotatable bonds is 8. The van der Waals surface area contributed by atoms with E-state index in [1.807, 2.05) is 39.8 Å². The van der Waals surface area contributed by atoms with Gasteiger partial charge in [0.25, 0.3) is 0 Å². The summed E-state index contributed by atoms with van der Waals surface area (Å²) in [6.45, 7) is 25.1. The zero-order valence-electron chi connectivity index (χ0n) is 24.9. The molecule has 36 heavy (non-hydrogen) atoms. The maximum atomic E-state index is 13.3. The van der Waals surface area contributed by atoms with Crippen molar-refractivity contribution < 1.29 is 27.9 Å². The lowest BCUT2D eigenvalue weighted by Gasteiger charge is -2.38. The zero-order chi connectivity index (χ0) is 28.0. The van der Waals surface area contributed by atoms with Crippen LogP contribution in [0.4, 0.5) is 0 Å². The molecule has 8 heteroatoms. The molecule has 2 aliphatic heterocycles. The molecule has 0 aromatic carbocycles. The highest BCUT2D eigenvalue weighted by Gasteiger charge is 2.60. The Morgan fingerprint density at radius 1 is 0.639 bits per heavy atom. The molecule has 0 spiro atoms. The lowest BCUT2D eigenvalue weighted by Crippen LogP contribution is -2.49. The topological polar surface area (TPSA) is 71.1 Å². The molecule has 0 aliphatic carbocycles. The number of methoxy groups -OCH3 is 2. The molecule has 0 atom stereocenters. The van der Waals surface area contributed by atoms with Gasteiger partial charge in [-0.2, -0.15) is 0 Å². The lowest BCUT2D eigenvalue weighted by molar-refractivity contribution is -0.136. The van der Waals surface area contributed by atoms with Crippen LogP contribution in [0.3, 0.4) is 0 Å². The average molecular weight is 537 g/mol. The molecular weight excluding hydrogens is 488 g/mol. The molecular formula is C28H48O6Si2. The van der Waals surface area contributed by atoms with Gasteiger partial charge in [0.05, 0.1) is 35.8 Å². The quantitative estimate of drug-likeness (QED) is 0.254. The first-order chi connectivity index (χ1) is 16.4. The number of carbonyl (C=O) groups is 2. The van der Waals surface area contributed by atoms with Crippen molar-refractivity contribution in [3.8, 4) is 0 Å². The first kappa shape index (κ1) is 30.7. The van der Waals surface area contributed by atoms with Gasteiger partial charge in [0.1, 0.15) is 0 Å². The first-order valence-corrected chi connectivity index (χ1v) is 17.3. The van der Waals surface area contributed by atoms with Crippen LogP contribution in [-0.2, 0) is 27.9 Å². The van der Waals surface area contributed by atoms with Crippen molar-refractivity contribution in [3.63, 3.8) is 0 Å². The van der Waals surface area contributed by atoms with E-state index in [0.29, 0.717) is 10.4 Å². The molecule has 0 radical (unpaired) electrons. The summed E-state index contributed by atoms with van der Waals surface area (Å²) in [4.78, 5) is 26.6. The molecule has 204 valence electrons. The second-order valence-electron chi connectivity index (χ2n) is 12.3. The highest BCUT2D eigenvalue weighted by molar-refractivity contribution is 6.88. The Balaban J connectivity index is 2.94. The van der Waals surface area contributed by atoms with E-state index < -0.39 is 27.8 Å². The molecule has 0 amide bonds. The van der Waals surface area contributed by atoms with Gasteiger partial charge >= 0.3 is 11.9 Å². The van der Waals surface area contributed by atoms with Crippen LogP contribution in [0, 0.1) is 0 Å². The fraction of sp³-hybridized carbons (Fsp3) is 0.714. The zero-order valence-corrected chi connectivity index (χ0v) is 26.9. The van der Waals surface area contributed by atoms with Crippen molar-refractivity contribution >= 4 is 28.6 Å². The molecule has 0 N–H and O–H groups in total. The van der Waals surface area contributed by atoms with Crippen molar-refractivity contribution in [1.82, 2.24) is 0 Å². The lowest BCUT2D eigenvalue weighted by atomic mass is 9.92. The second kappa shape index (κ2) is 10.3. The van der Waals surface area contributed by atoms with E-state index in [1.165, 1.54) is 14.2 Å². The number of hydrogen-bond acceptors (Lipinski definition) is 6. The van der Waals surface area contributed by atoms with Crippen molar-refractivity contribution in [2.45, 2.75) is 116 Å². The maximum absolute atomic E-state index is 13.3. The van der Waals surface area contributed by atoms with E-state index in [-0.39, 0.29) is 34.1 Å². The summed E-state index contributed by atoms with van der Waals surface area (Å²) in [6, 6.07) is 0. The summed E-state index contributed by atoms with van der Waals surface area (Å²) in [5, 5.41) is 1.37. The SMILES string of the molecule is COC(=O)C1=C(/C=C/C2=C(C(=O)OC)[Si](C(C)C)(C(C)C)OC2(C)C)C(C)(C)O[Si]1(C(C)C)C(C)C. The maximum Gasteiger partial charge on any atom is 0.332 e. The summed E-state index contributed by atoms with van der Waals surface area (Å²) >= 11 is 0. The van der Waals surface area contributed by atoms with E-state index in [0.717, 1.165) is 11.1 Å². The predicted molar refractivity (Wildman–Crippen MR) is 149 cm³/mol. The third kappa shape index (κ3) is 4.63. The van der Waals surface area contributed by atoms with Crippen LogP contribution < -0.4 is 0 Å². The summed E-state index contributed by atoms with van der Waals surface area (Å²) in [6.07, 6.45) is 3.94. The van der Waals surface area contributed by atoms with Gasteiger partial charge in [-0.15, -0.1) is 0 Å². The number of carbonyl (C=O) groups excluding carboxylic acids is 2. The Kier molecular flexibility index (Phi) is 8.83. The van der Waals surface area contributed by atoms with Crippen LogP contribution in [0.5, 0.6) is 0 Å². The molecule has 2 rings (SSSR count). The van der Waals surface area contributed by atoms with Gasteiger partial charge in [-0.25, -0.2) is 9.59 Å². The van der Waals surface area contributed by atoms with Gasteiger partial charge in [0.15, 0.2) is 0 Å². The predicted octanol–water partition coefficient (Wildman–Crippen LogP) is 6.71. The van der Waals surface area contributed by atoms with Gasteiger partial charge in [-0.1, -0.05) is 67.5 Å². The van der Waals surface area contributed by atoms with Gasteiger partial charge in [0, 0.05) is 0 Å². The number of esters is 2. The number of hydrogen-bond donors (Lipinski definition) is 0. The molecule has 6 nitrogen and oxygen atoms in total. The van der Waals surface area contributed by atoms with Crippen molar-refractivity contribution in [2.75, 3.05) is 14.2 Å². The van der Waals surface area contributed by atoms with Crippen LogP contribution in [0.1, 0.15) is 83.1 Å². The minimum atomic E-state index is -2.70. The van der Waals surface area contributed by atoms with Gasteiger partial charge < -0.3 is 18.3 Å². The second-order valence-corrected chi connectivity index (χ2v) is 21.5. The Labute approximate surface area is 220 Å². The molecule has 0 unspecified atom stereocenters. The van der Waals surface area contributed by atoms with Crippen molar-refractivity contribution in [2.24, 2.45) is 0 Å². The Morgan fingerprint density at radius 3 is 1.08 bits per heavy atom. The fourth-order valence-corrected chi connectivity index (χ4v) is 17.0. The molecule has 2 heterocycles. The Bertz CT molecular complexity index is 888. The molecule has 0 fully saturated rings. The standard InChI is InChI=1S/C28H48O6Si2/c1-17(2)35(18(3)4)23(25(29)31-13)21(27(9,10)33-35)15-16-22-24(26(30)32-14)36(19(5)6,20(7)8)34-28(22,11)12/h15-20H,1-14H3/b16-15+. The minimum absolute atomic E-state index is 0.176. The summed E-state index contributed by atoms with van der Waals surface area (Å²) in [5.41, 5.74) is 0.991. The average Bonchev–Trinajstić information content (AvgIpc) is 3.16. The van der Waals surface area contributed by atoms with Crippen LogP contribution in [0.2, 0.25) is 22.2 Å². The molecule has 0 saturated carbocycles. The monoisotopic (exact) mass is 536 g/mol. The van der Waals surface area contributed by atoms with Crippen molar-refractivity contribution in [1.29, 1.82) is 0 Å². The van der Waals surface area contributed by atoms with Gasteiger partial charge in [-0.3, -0.25) is 0 Å². The highest BCUT2D eigenvalue weighted by atomic mass is 28.4. The Morgan fingerprint density at radius 2 is 0.889 bits per heavy atom. The minimum Gasteiger partial charge on any atom is -0.466 e. The van der Waals surface area contributed by atoms with Crippen molar-refractivity contribution in [3.05, 3.63) is 33.7 Å². The third-order valence-corrected chi connectivity index (χ3v) is 19.2. The smallest absolute Gasteiger partial charge is 0.332 e. The van der Waals surface area contributed by atoms with Crippen LogP contribution >= 0.6 is 0 Å².